The summed E-state index contributed by atoms with van der Waals surface area (Å²) in [5.41, 5.74) is 11.0. The molecular formula is C24H29FN4OS. The number of nitrogens with two attached hydrogens (primary N) is 1. The Labute approximate surface area is 187 Å². The van der Waals surface area contributed by atoms with Crippen LogP contribution in [0.3, 0.4) is 0 Å². The Hall–Kier alpha value is -2.77. The standard InChI is InChI=1S/C24H29FN4OS/c1-16-23(17-7-6-8-20(13-17)28(4)31-5)21-14-18(24(30)27(2)3)9-10-22(21)29(16)15-19(25)11-12-26/h6-11,13-14H,12,15,26H2,1-5H3/b19-11-. The molecule has 0 radical (unpaired) electrons. The molecule has 31 heavy (non-hydrogen) atoms. The number of carbonyl (C=O) groups is 1. The van der Waals surface area contributed by atoms with E-state index in [0.29, 0.717) is 5.56 Å². The fraction of sp³-hybridized carbons (Fsp3) is 0.292. The number of hydrogen-bond donors (Lipinski definition) is 1. The number of fused-ring (bicyclic) bond motifs is 1. The lowest BCUT2D eigenvalue weighted by Crippen LogP contribution is -2.21. The van der Waals surface area contributed by atoms with E-state index in [1.165, 1.54) is 6.08 Å². The van der Waals surface area contributed by atoms with Gasteiger partial charge >= 0.3 is 0 Å². The minimum absolute atomic E-state index is 0.0664. The number of rotatable bonds is 7. The zero-order valence-corrected chi connectivity index (χ0v) is 19.5. The monoisotopic (exact) mass is 440 g/mol. The van der Waals surface area contributed by atoms with Gasteiger partial charge in [0, 0.05) is 67.4 Å². The van der Waals surface area contributed by atoms with E-state index >= 15 is 0 Å². The lowest BCUT2D eigenvalue weighted by molar-refractivity contribution is 0.0828. The van der Waals surface area contributed by atoms with Crippen LogP contribution in [0.1, 0.15) is 16.1 Å². The third-order valence-electron chi connectivity index (χ3n) is 5.40. The number of amides is 1. The van der Waals surface area contributed by atoms with Crippen molar-refractivity contribution in [3.63, 3.8) is 0 Å². The molecule has 0 bridgehead atoms. The van der Waals surface area contributed by atoms with E-state index < -0.39 is 0 Å². The van der Waals surface area contributed by atoms with E-state index in [0.717, 1.165) is 33.4 Å². The first kappa shape index (κ1) is 22.9. The molecule has 0 aliphatic carbocycles. The van der Waals surface area contributed by atoms with Crippen LogP contribution in [0.15, 0.2) is 54.4 Å². The average Bonchev–Trinajstić information content (AvgIpc) is 3.03. The van der Waals surface area contributed by atoms with Gasteiger partial charge in [-0.1, -0.05) is 24.1 Å². The molecule has 1 heterocycles. The topological polar surface area (TPSA) is 54.5 Å². The maximum absolute atomic E-state index is 14.4. The third kappa shape index (κ3) is 4.62. The Morgan fingerprint density at radius 2 is 1.94 bits per heavy atom. The van der Waals surface area contributed by atoms with Gasteiger partial charge in [0.2, 0.25) is 0 Å². The molecule has 0 atom stereocenters. The zero-order valence-electron chi connectivity index (χ0n) is 18.6. The molecule has 2 N–H and O–H groups in total. The first-order valence-electron chi connectivity index (χ1n) is 10.1. The van der Waals surface area contributed by atoms with Gasteiger partial charge in [-0.3, -0.25) is 4.79 Å². The highest BCUT2D eigenvalue weighted by Gasteiger charge is 2.19. The number of halogens is 1. The largest absolute Gasteiger partial charge is 0.345 e. The molecule has 1 amide bonds. The molecular weight excluding hydrogens is 411 g/mol. The van der Waals surface area contributed by atoms with Crippen molar-refractivity contribution in [2.24, 2.45) is 5.73 Å². The van der Waals surface area contributed by atoms with E-state index in [4.69, 9.17) is 5.73 Å². The molecule has 7 heteroatoms. The van der Waals surface area contributed by atoms with Crippen molar-refractivity contribution in [1.29, 1.82) is 0 Å². The van der Waals surface area contributed by atoms with Gasteiger partial charge in [0.05, 0.1) is 6.54 Å². The van der Waals surface area contributed by atoms with E-state index in [1.54, 1.807) is 37.0 Å². The van der Waals surface area contributed by atoms with E-state index in [2.05, 4.69) is 22.5 Å². The number of carbonyl (C=O) groups excluding carboxylic acids is 1. The quantitative estimate of drug-likeness (QED) is 0.534. The first-order chi connectivity index (χ1) is 14.8. The highest BCUT2D eigenvalue weighted by atomic mass is 32.2. The Kier molecular flexibility index (Phi) is 7.08. The summed E-state index contributed by atoms with van der Waals surface area (Å²) in [5.74, 6) is -0.346. The second-order valence-electron chi connectivity index (χ2n) is 7.60. The lowest BCUT2D eigenvalue weighted by atomic mass is 10.00. The minimum Gasteiger partial charge on any atom is -0.345 e. The number of benzene rings is 2. The summed E-state index contributed by atoms with van der Waals surface area (Å²) in [6.07, 6.45) is 3.42. The highest BCUT2D eigenvalue weighted by Crippen LogP contribution is 2.37. The molecule has 0 aliphatic heterocycles. The maximum atomic E-state index is 14.4. The van der Waals surface area contributed by atoms with E-state index in [9.17, 15) is 9.18 Å². The fourth-order valence-corrected chi connectivity index (χ4v) is 4.07. The summed E-state index contributed by atoms with van der Waals surface area (Å²) in [6.45, 7) is 2.25. The lowest BCUT2D eigenvalue weighted by Gasteiger charge is -2.16. The van der Waals surface area contributed by atoms with Crippen LogP contribution >= 0.6 is 11.9 Å². The predicted octanol–water partition coefficient (Wildman–Crippen LogP) is 4.84. The van der Waals surface area contributed by atoms with Gasteiger partial charge < -0.3 is 19.5 Å². The Morgan fingerprint density at radius 1 is 1.19 bits per heavy atom. The summed E-state index contributed by atoms with van der Waals surface area (Å²) in [6, 6.07) is 13.9. The number of nitrogens with zero attached hydrogens (tertiary/aromatic N) is 3. The van der Waals surface area contributed by atoms with Gasteiger partial charge in [-0.2, -0.15) is 0 Å². The van der Waals surface area contributed by atoms with Gasteiger partial charge in [0.15, 0.2) is 0 Å². The molecule has 0 saturated carbocycles. The van der Waals surface area contributed by atoms with Gasteiger partial charge in [-0.05, 0) is 48.9 Å². The highest BCUT2D eigenvalue weighted by molar-refractivity contribution is 7.99. The molecule has 0 fully saturated rings. The third-order valence-corrected chi connectivity index (χ3v) is 6.16. The molecule has 0 unspecified atom stereocenters. The second-order valence-corrected chi connectivity index (χ2v) is 8.51. The van der Waals surface area contributed by atoms with Crippen LogP contribution in [-0.4, -0.2) is 49.3 Å². The van der Waals surface area contributed by atoms with Crippen LogP contribution in [0.4, 0.5) is 10.1 Å². The smallest absolute Gasteiger partial charge is 0.253 e. The minimum atomic E-state index is -0.279. The molecule has 0 saturated heterocycles. The van der Waals surface area contributed by atoms with Crippen LogP contribution < -0.4 is 10.0 Å². The summed E-state index contributed by atoms with van der Waals surface area (Å²) in [4.78, 5) is 14.2. The number of aromatic nitrogens is 1. The zero-order chi connectivity index (χ0) is 22.7. The summed E-state index contributed by atoms with van der Waals surface area (Å²) in [5, 5.41) is 0.926. The second kappa shape index (κ2) is 9.58. The van der Waals surface area contributed by atoms with E-state index in [1.807, 2.05) is 43.0 Å². The number of anilines is 1. The van der Waals surface area contributed by atoms with Crippen LogP contribution in [0, 0.1) is 6.92 Å². The molecule has 2 aromatic carbocycles. The number of allylic oxidation sites excluding steroid dienone is 1. The molecule has 3 rings (SSSR count). The van der Waals surface area contributed by atoms with Gasteiger partial charge in [0.25, 0.3) is 5.91 Å². The van der Waals surface area contributed by atoms with Crippen LogP contribution in [-0.2, 0) is 6.54 Å². The van der Waals surface area contributed by atoms with E-state index in [-0.39, 0.29) is 24.8 Å². The molecule has 5 nitrogen and oxygen atoms in total. The van der Waals surface area contributed by atoms with Crippen molar-refractivity contribution in [2.75, 3.05) is 38.2 Å². The van der Waals surface area contributed by atoms with Crippen LogP contribution in [0.25, 0.3) is 22.0 Å². The Morgan fingerprint density at radius 3 is 2.58 bits per heavy atom. The van der Waals surface area contributed by atoms with Gasteiger partial charge in [0.1, 0.15) is 5.83 Å². The number of hydrogen-bond acceptors (Lipinski definition) is 4. The summed E-state index contributed by atoms with van der Waals surface area (Å²) < 4.78 is 18.5. The van der Waals surface area contributed by atoms with Crippen LogP contribution in [0.2, 0.25) is 0 Å². The van der Waals surface area contributed by atoms with Crippen molar-refractivity contribution in [3.05, 3.63) is 65.6 Å². The van der Waals surface area contributed by atoms with Crippen molar-refractivity contribution < 1.29 is 9.18 Å². The van der Waals surface area contributed by atoms with Crippen LogP contribution in [0.5, 0.6) is 0 Å². The Balaban J connectivity index is 2.27. The van der Waals surface area contributed by atoms with Crippen molar-refractivity contribution in [2.45, 2.75) is 13.5 Å². The first-order valence-corrected chi connectivity index (χ1v) is 11.2. The molecule has 164 valence electrons. The SMILES string of the molecule is CSN(C)c1cccc(-c2c(C)n(C/C(F)=C/CN)c3ccc(C(=O)N(C)C)cc23)c1. The fourth-order valence-electron chi connectivity index (χ4n) is 3.75. The van der Waals surface area contributed by atoms with Gasteiger partial charge in [-0.25, -0.2) is 4.39 Å². The van der Waals surface area contributed by atoms with Crippen molar-refractivity contribution >= 4 is 34.4 Å². The normalized spacial score (nSPS) is 11.8. The molecule has 0 aliphatic rings. The summed E-state index contributed by atoms with van der Waals surface area (Å²) in [7, 11) is 5.48. The average molecular weight is 441 g/mol. The molecule has 3 aromatic rings. The molecule has 1 aromatic heterocycles. The Bertz CT molecular complexity index is 1140. The maximum Gasteiger partial charge on any atom is 0.253 e. The van der Waals surface area contributed by atoms with Crippen molar-refractivity contribution in [1.82, 2.24) is 9.47 Å². The van der Waals surface area contributed by atoms with Gasteiger partial charge in [-0.15, -0.1) is 0 Å². The van der Waals surface area contributed by atoms with Crippen molar-refractivity contribution in [3.8, 4) is 11.1 Å². The molecule has 0 spiro atoms. The predicted molar refractivity (Wildman–Crippen MR) is 130 cm³/mol. The summed E-state index contributed by atoms with van der Waals surface area (Å²) >= 11 is 1.63.